The zero-order chi connectivity index (χ0) is 13.9. The van der Waals surface area contributed by atoms with Gasteiger partial charge < -0.3 is 24.7 Å². The third kappa shape index (κ3) is 3.20. The van der Waals surface area contributed by atoms with Crippen LogP contribution in [0.15, 0.2) is 6.07 Å². The summed E-state index contributed by atoms with van der Waals surface area (Å²) in [5.74, 6) is -2.36. The van der Waals surface area contributed by atoms with Crippen molar-refractivity contribution in [2.45, 2.75) is 13.0 Å². The number of ether oxygens (including phenoxy) is 2. The van der Waals surface area contributed by atoms with Gasteiger partial charge in [0.2, 0.25) is 5.75 Å². The van der Waals surface area contributed by atoms with Crippen LogP contribution in [0, 0.1) is 10.1 Å². The van der Waals surface area contributed by atoms with Gasteiger partial charge in [0.1, 0.15) is 0 Å². The first-order valence-electron chi connectivity index (χ1n) is 4.37. The Bertz CT molecular complexity index is 463. The second-order valence-electron chi connectivity index (χ2n) is 2.94. The number of hydrogen-bond donors (Lipinski definition) is 1. The highest BCUT2D eigenvalue weighted by Gasteiger charge is 2.35. The highest BCUT2D eigenvalue weighted by Crippen LogP contribution is 2.34. The first-order chi connectivity index (χ1) is 8.28. The van der Waals surface area contributed by atoms with Gasteiger partial charge in [-0.2, -0.15) is 0 Å². The minimum absolute atomic E-state index is 0.417. The third-order valence-corrected chi connectivity index (χ3v) is 1.77. The number of pyridine rings is 1. The maximum absolute atomic E-state index is 12.1. The molecule has 1 aromatic rings. The molecule has 10 heteroatoms. The van der Waals surface area contributed by atoms with Crippen LogP contribution in [0.4, 0.5) is 19.0 Å². The molecular weight excluding hydrogens is 261 g/mol. The third-order valence-electron chi connectivity index (χ3n) is 1.77. The molecule has 0 aliphatic rings. The number of methoxy groups -OCH3 is 1. The fourth-order valence-electron chi connectivity index (χ4n) is 1.13. The van der Waals surface area contributed by atoms with Crippen molar-refractivity contribution in [3.05, 3.63) is 21.7 Å². The average Bonchev–Trinajstić information content (AvgIpc) is 2.25. The minimum Gasteiger partial charge on any atom is -0.460 e. The lowest BCUT2D eigenvalue weighted by atomic mass is 10.2. The summed E-state index contributed by atoms with van der Waals surface area (Å²) in [5.41, 5.74) is -0.417. The first kappa shape index (κ1) is 14.0. The molecule has 18 heavy (non-hydrogen) atoms. The molecule has 1 N–H and O–H groups in total. The largest absolute Gasteiger partial charge is 0.573 e. The molecule has 1 aromatic heterocycles. The van der Waals surface area contributed by atoms with Crippen LogP contribution >= 0.6 is 0 Å². The van der Waals surface area contributed by atoms with Gasteiger partial charge in [-0.3, -0.25) is 0 Å². The second-order valence-corrected chi connectivity index (χ2v) is 2.94. The first-order valence-corrected chi connectivity index (χ1v) is 4.37. The molecule has 0 fully saturated rings. The minimum atomic E-state index is -5.00. The predicted octanol–water partition coefficient (Wildman–Crippen LogP) is 1.39. The fourth-order valence-corrected chi connectivity index (χ4v) is 1.13. The molecule has 0 saturated heterocycles. The molecule has 1 heterocycles. The van der Waals surface area contributed by atoms with E-state index in [1.54, 1.807) is 0 Å². The van der Waals surface area contributed by atoms with Crippen molar-refractivity contribution in [3.8, 4) is 11.6 Å². The highest BCUT2D eigenvalue weighted by atomic mass is 19.4. The van der Waals surface area contributed by atoms with Gasteiger partial charge in [-0.15, -0.1) is 13.2 Å². The Kier molecular flexibility index (Phi) is 3.91. The van der Waals surface area contributed by atoms with Crippen LogP contribution in [-0.4, -0.2) is 28.5 Å². The number of nitrogens with zero attached hydrogens (tertiary/aromatic N) is 2. The average molecular weight is 268 g/mol. The Morgan fingerprint density at radius 1 is 1.56 bits per heavy atom. The molecule has 0 amide bonds. The normalized spacial score (nSPS) is 11.2. The lowest BCUT2D eigenvalue weighted by molar-refractivity contribution is -0.390. The summed E-state index contributed by atoms with van der Waals surface area (Å²) in [6.07, 6.45) is -5.00. The second kappa shape index (κ2) is 5.04. The zero-order valence-corrected chi connectivity index (χ0v) is 8.89. The summed E-state index contributed by atoms with van der Waals surface area (Å²) in [6, 6.07) is 0.650. The van der Waals surface area contributed by atoms with Crippen molar-refractivity contribution >= 4 is 5.82 Å². The number of rotatable bonds is 4. The highest BCUT2D eigenvalue weighted by molar-refractivity contribution is 5.45. The van der Waals surface area contributed by atoms with Crippen LogP contribution in [-0.2, 0) is 6.61 Å². The Labute approximate surface area is 97.9 Å². The Morgan fingerprint density at radius 3 is 2.56 bits per heavy atom. The Balaban J connectivity index is 3.30. The van der Waals surface area contributed by atoms with Gasteiger partial charge in [0.05, 0.1) is 19.3 Å². The van der Waals surface area contributed by atoms with Crippen molar-refractivity contribution in [1.29, 1.82) is 0 Å². The van der Waals surface area contributed by atoms with E-state index < -0.39 is 40.9 Å². The van der Waals surface area contributed by atoms with Crippen LogP contribution in [0.2, 0.25) is 0 Å². The summed E-state index contributed by atoms with van der Waals surface area (Å²) < 4.78 is 44.2. The lowest BCUT2D eigenvalue weighted by Crippen LogP contribution is -2.18. The summed E-state index contributed by atoms with van der Waals surface area (Å²) >= 11 is 0. The number of aromatic nitrogens is 1. The molecule has 0 aliphatic carbocycles. The van der Waals surface area contributed by atoms with E-state index >= 15 is 0 Å². The summed E-state index contributed by atoms with van der Waals surface area (Å²) in [4.78, 5) is 12.8. The lowest BCUT2D eigenvalue weighted by Gasteiger charge is -2.10. The smallest absolute Gasteiger partial charge is 0.460 e. The van der Waals surface area contributed by atoms with Crippen molar-refractivity contribution < 1.29 is 32.7 Å². The molecule has 0 bridgehead atoms. The molecule has 1 rings (SSSR count). The van der Waals surface area contributed by atoms with Gasteiger partial charge in [0.15, 0.2) is 0 Å². The molecule has 0 radical (unpaired) electrons. The van der Waals surface area contributed by atoms with E-state index in [-0.39, 0.29) is 0 Å². The van der Waals surface area contributed by atoms with Gasteiger partial charge >= 0.3 is 18.1 Å². The number of alkyl halides is 3. The SMILES string of the molecule is COc1nc([N+](=O)[O-])c(CO)cc1OC(F)(F)F. The maximum atomic E-state index is 12.1. The van der Waals surface area contributed by atoms with E-state index in [0.717, 1.165) is 7.11 Å². The number of nitro groups is 1. The topological polar surface area (TPSA) is 94.7 Å². The number of halogens is 3. The predicted molar refractivity (Wildman–Crippen MR) is 50.0 cm³/mol. The van der Waals surface area contributed by atoms with Crippen LogP contribution in [0.5, 0.6) is 11.6 Å². The monoisotopic (exact) mass is 268 g/mol. The van der Waals surface area contributed by atoms with E-state index in [0.29, 0.717) is 6.07 Å². The fraction of sp³-hybridized carbons (Fsp3) is 0.375. The molecule has 0 atom stereocenters. The summed E-state index contributed by atoms with van der Waals surface area (Å²) in [6.45, 7) is -0.860. The standard InChI is InChI=1S/C8H7F3N2O5/c1-17-7-5(18-8(9,10)11)2-4(3-14)6(12-7)13(15)16/h2,14H,3H2,1H3. The van der Waals surface area contributed by atoms with Crippen LogP contribution < -0.4 is 9.47 Å². The molecular formula is C8H7F3N2O5. The van der Waals surface area contributed by atoms with Crippen LogP contribution in [0.3, 0.4) is 0 Å². The number of aliphatic hydroxyl groups excluding tert-OH is 1. The van der Waals surface area contributed by atoms with Gasteiger partial charge in [-0.25, -0.2) is 0 Å². The number of aliphatic hydroxyl groups is 1. The van der Waals surface area contributed by atoms with E-state index in [1.165, 1.54) is 0 Å². The van der Waals surface area contributed by atoms with E-state index in [2.05, 4.69) is 14.5 Å². The van der Waals surface area contributed by atoms with Crippen LogP contribution in [0.1, 0.15) is 5.56 Å². The van der Waals surface area contributed by atoms with Gasteiger partial charge in [0, 0.05) is 11.1 Å². The van der Waals surface area contributed by atoms with Gasteiger partial charge in [-0.05, 0) is 4.92 Å². The van der Waals surface area contributed by atoms with Gasteiger partial charge in [-0.1, -0.05) is 0 Å². The quantitative estimate of drug-likeness (QED) is 0.655. The van der Waals surface area contributed by atoms with Crippen molar-refractivity contribution in [3.63, 3.8) is 0 Å². The molecule has 100 valence electrons. The van der Waals surface area contributed by atoms with E-state index in [1.807, 2.05) is 0 Å². The zero-order valence-electron chi connectivity index (χ0n) is 8.89. The van der Waals surface area contributed by atoms with Crippen molar-refractivity contribution in [1.82, 2.24) is 4.98 Å². The summed E-state index contributed by atoms with van der Waals surface area (Å²) in [7, 11) is 0.980. The Morgan fingerprint density at radius 2 is 2.17 bits per heavy atom. The van der Waals surface area contributed by atoms with E-state index in [4.69, 9.17) is 5.11 Å². The Hall–Kier alpha value is -2.10. The maximum Gasteiger partial charge on any atom is 0.573 e. The van der Waals surface area contributed by atoms with Crippen LogP contribution in [0.25, 0.3) is 0 Å². The molecule has 0 aromatic carbocycles. The van der Waals surface area contributed by atoms with Crippen molar-refractivity contribution in [2.24, 2.45) is 0 Å². The molecule has 0 aliphatic heterocycles. The molecule has 0 saturated carbocycles. The molecule has 0 unspecified atom stereocenters. The van der Waals surface area contributed by atoms with Crippen molar-refractivity contribution in [2.75, 3.05) is 7.11 Å². The molecule has 7 nitrogen and oxygen atoms in total. The number of hydrogen-bond acceptors (Lipinski definition) is 6. The van der Waals surface area contributed by atoms with E-state index in [9.17, 15) is 23.3 Å². The molecule has 0 spiro atoms. The van der Waals surface area contributed by atoms with Gasteiger partial charge in [0.25, 0.3) is 0 Å². The summed E-state index contributed by atoms with van der Waals surface area (Å²) in [5, 5.41) is 19.4.